The number of imidazole rings is 1. The summed E-state index contributed by atoms with van der Waals surface area (Å²) in [7, 11) is 0. The van der Waals surface area contributed by atoms with Crippen LogP contribution in [0.25, 0.3) is 11.0 Å². The number of nitrogens with zero attached hydrogens (tertiary/aromatic N) is 2. The number of carbonyl (C=O) groups is 1. The molecule has 2 aromatic rings. The van der Waals surface area contributed by atoms with Crippen molar-refractivity contribution in [3.8, 4) is 0 Å². The number of aliphatic hydroxyl groups is 1. The number of carboxylic acid groups (broad SMARTS) is 1. The van der Waals surface area contributed by atoms with E-state index in [1.54, 1.807) is 18.5 Å². The molecule has 1 saturated carbocycles. The minimum absolute atomic E-state index is 0.0652. The first-order chi connectivity index (χ1) is 8.18. The zero-order chi connectivity index (χ0) is 12.0. The van der Waals surface area contributed by atoms with Gasteiger partial charge in [-0.1, -0.05) is 6.07 Å². The number of benzene rings is 1. The number of aromatic carboxylic acids is 1. The van der Waals surface area contributed by atoms with Crippen LogP contribution in [0.15, 0.2) is 24.5 Å². The van der Waals surface area contributed by atoms with Gasteiger partial charge < -0.3 is 14.8 Å². The molecule has 17 heavy (non-hydrogen) atoms. The van der Waals surface area contributed by atoms with E-state index in [9.17, 15) is 9.90 Å². The van der Waals surface area contributed by atoms with E-state index < -0.39 is 5.97 Å². The Kier molecular flexibility index (Phi) is 2.00. The molecule has 0 aliphatic heterocycles. The van der Waals surface area contributed by atoms with Crippen molar-refractivity contribution in [3.05, 3.63) is 30.1 Å². The summed E-state index contributed by atoms with van der Waals surface area (Å²) in [6.07, 6.45) is 3.44. The highest BCUT2D eigenvalue weighted by molar-refractivity contribution is 6.01. The highest BCUT2D eigenvalue weighted by Crippen LogP contribution is 2.44. The van der Waals surface area contributed by atoms with Crippen LogP contribution < -0.4 is 0 Å². The van der Waals surface area contributed by atoms with Gasteiger partial charge in [0.2, 0.25) is 0 Å². The van der Waals surface area contributed by atoms with Crippen LogP contribution >= 0.6 is 0 Å². The van der Waals surface area contributed by atoms with Crippen LogP contribution in [-0.2, 0) is 5.54 Å². The summed E-state index contributed by atoms with van der Waals surface area (Å²) in [5, 5.41) is 18.5. The molecule has 0 unspecified atom stereocenters. The summed E-state index contributed by atoms with van der Waals surface area (Å²) in [4.78, 5) is 15.2. The van der Waals surface area contributed by atoms with Gasteiger partial charge in [-0.3, -0.25) is 0 Å². The molecule has 1 aromatic heterocycles. The number of hydrogen-bond acceptors (Lipinski definition) is 3. The second-order valence-electron chi connectivity index (χ2n) is 4.48. The summed E-state index contributed by atoms with van der Waals surface area (Å²) in [6.45, 7) is 0.0652. The molecule has 2 N–H and O–H groups in total. The molecule has 0 bridgehead atoms. The number of para-hydroxylation sites is 1. The van der Waals surface area contributed by atoms with Gasteiger partial charge in [-0.2, -0.15) is 0 Å². The summed E-state index contributed by atoms with van der Waals surface area (Å²) < 4.78 is 1.90. The quantitative estimate of drug-likeness (QED) is 0.834. The molecule has 88 valence electrons. The van der Waals surface area contributed by atoms with Crippen molar-refractivity contribution in [3.63, 3.8) is 0 Å². The normalized spacial score (nSPS) is 17.2. The van der Waals surface area contributed by atoms with Crippen LogP contribution in [0.5, 0.6) is 0 Å². The van der Waals surface area contributed by atoms with Crippen molar-refractivity contribution in [2.45, 2.75) is 18.4 Å². The molecule has 0 amide bonds. The number of rotatable bonds is 3. The second kappa shape index (κ2) is 3.30. The summed E-state index contributed by atoms with van der Waals surface area (Å²) in [6, 6.07) is 5.09. The Morgan fingerprint density at radius 3 is 2.82 bits per heavy atom. The molecule has 0 atom stereocenters. The SMILES string of the molecule is O=C(O)c1cccc2c1ncn2C1(CO)CC1. The standard InChI is InChI=1S/C12H12N2O3/c15-6-12(4-5-12)14-7-13-10-8(11(16)17)2-1-3-9(10)14/h1-3,7,15H,4-6H2,(H,16,17). The average Bonchev–Trinajstić information content (AvgIpc) is 3.01. The Morgan fingerprint density at radius 1 is 1.47 bits per heavy atom. The van der Waals surface area contributed by atoms with Crippen molar-refractivity contribution >= 4 is 17.0 Å². The first-order valence-electron chi connectivity index (χ1n) is 5.49. The van der Waals surface area contributed by atoms with Crippen LogP contribution in [0.1, 0.15) is 23.2 Å². The van der Waals surface area contributed by atoms with Crippen LogP contribution in [-0.4, -0.2) is 32.3 Å². The van der Waals surface area contributed by atoms with Gasteiger partial charge in [-0.25, -0.2) is 9.78 Å². The maximum atomic E-state index is 11.1. The topological polar surface area (TPSA) is 75.3 Å². The van der Waals surface area contributed by atoms with Crippen LogP contribution in [0.4, 0.5) is 0 Å². The van der Waals surface area contributed by atoms with E-state index >= 15 is 0 Å². The van der Waals surface area contributed by atoms with Gasteiger partial charge in [0.15, 0.2) is 0 Å². The monoisotopic (exact) mass is 232 g/mol. The highest BCUT2D eigenvalue weighted by Gasteiger charge is 2.44. The minimum atomic E-state index is -0.977. The van der Waals surface area contributed by atoms with E-state index in [4.69, 9.17) is 5.11 Å². The van der Waals surface area contributed by atoms with Crippen molar-refractivity contribution < 1.29 is 15.0 Å². The lowest BCUT2D eigenvalue weighted by Crippen LogP contribution is -2.20. The van der Waals surface area contributed by atoms with Crippen molar-refractivity contribution in [1.29, 1.82) is 0 Å². The Morgan fingerprint density at radius 2 is 2.24 bits per heavy atom. The third-order valence-electron chi connectivity index (χ3n) is 3.44. The lowest BCUT2D eigenvalue weighted by molar-refractivity contribution is 0.0699. The zero-order valence-corrected chi connectivity index (χ0v) is 9.13. The van der Waals surface area contributed by atoms with Gasteiger partial charge in [0, 0.05) is 0 Å². The zero-order valence-electron chi connectivity index (χ0n) is 9.13. The van der Waals surface area contributed by atoms with Gasteiger partial charge in [-0.05, 0) is 25.0 Å². The van der Waals surface area contributed by atoms with Crippen molar-refractivity contribution in [2.24, 2.45) is 0 Å². The molecular formula is C12H12N2O3. The molecule has 0 saturated heterocycles. The predicted octanol–water partition coefficient (Wildman–Crippen LogP) is 1.22. The molecule has 1 aliphatic rings. The second-order valence-corrected chi connectivity index (χ2v) is 4.48. The fraction of sp³-hybridized carbons (Fsp3) is 0.333. The Bertz CT molecular complexity index is 599. The maximum Gasteiger partial charge on any atom is 0.337 e. The van der Waals surface area contributed by atoms with E-state index in [0.717, 1.165) is 18.4 Å². The smallest absolute Gasteiger partial charge is 0.337 e. The molecule has 0 radical (unpaired) electrons. The largest absolute Gasteiger partial charge is 0.478 e. The van der Waals surface area contributed by atoms with Crippen LogP contribution in [0.2, 0.25) is 0 Å². The van der Waals surface area contributed by atoms with E-state index in [2.05, 4.69) is 4.98 Å². The summed E-state index contributed by atoms with van der Waals surface area (Å²) in [5.41, 5.74) is 1.21. The molecule has 1 fully saturated rings. The fourth-order valence-corrected chi connectivity index (χ4v) is 2.21. The average molecular weight is 232 g/mol. The summed E-state index contributed by atoms with van der Waals surface area (Å²) in [5.74, 6) is -0.977. The Hall–Kier alpha value is -1.88. The minimum Gasteiger partial charge on any atom is -0.478 e. The van der Waals surface area contributed by atoms with Crippen LogP contribution in [0.3, 0.4) is 0 Å². The fourth-order valence-electron chi connectivity index (χ4n) is 2.21. The maximum absolute atomic E-state index is 11.1. The van der Waals surface area contributed by atoms with Crippen molar-refractivity contribution in [2.75, 3.05) is 6.61 Å². The van der Waals surface area contributed by atoms with Gasteiger partial charge >= 0.3 is 5.97 Å². The molecular weight excluding hydrogens is 220 g/mol. The molecule has 1 aromatic carbocycles. The number of fused-ring (bicyclic) bond motifs is 1. The molecule has 1 aliphatic carbocycles. The van der Waals surface area contributed by atoms with Gasteiger partial charge in [0.05, 0.1) is 29.6 Å². The summed E-state index contributed by atoms with van der Waals surface area (Å²) >= 11 is 0. The lowest BCUT2D eigenvalue weighted by atomic mass is 10.1. The van der Waals surface area contributed by atoms with Crippen LogP contribution in [0, 0.1) is 0 Å². The predicted molar refractivity (Wildman–Crippen MR) is 61.0 cm³/mol. The molecule has 5 heteroatoms. The lowest BCUT2D eigenvalue weighted by Gasteiger charge is -2.14. The first kappa shape index (κ1) is 10.3. The van der Waals surface area contributed by atoms with Gasteiger partial charge in [-0.15, -0.1) is 0 Å². The third kappa shape index (κ3) is 1.36. The van der Waals surface area contributed by atoms with E-state index in [1.165, 1.54) is 0 Å². The first-order valence-corrected chi connectivity index (χ1v) is 5.49. The highest BCUT2D eigenvalue weighted by atomic mass is 16.4. The van der Waals surface area contributed by atoms with E-state index in [1.807, 2.05) is 10.6 Å². The Labute approximate surface area is 97.3 Å². The molecule has 3 rings (SSSR count). The molecule has 1 heterocycles. The third-order valence-corrected chi connectivity index (χ3v) is 3.44. The van der Waals surface area contributed by atoms with E-state index in [-0.39, 0.29) is 17.7 Å². The molecule has 5 nitrogen and oxygen atoms in total. The number of aliphatic hydroxyl groups excluding tert-OH is 1. The Balaban J connectivity index is 2.24. The van der Waals surface area contributed by atoms with Gasteiger partial charge in [0.25, 0.3) is 0 Å². The van der Waals surface area contributed by atoms with Crippen molar-refractivity contribution in [1.82, 2.24) is 9.55 Å². The van der Waals surface area contributed by atoms with Gasteiger partial charge in [0.1, 0.15) is 5.52 Å². The number of aromatic nitrogens is 2. The number of hydrogen-bond donors (Lipinski definition) is 2. The number of carboxylic acids is 1. The van der Waals surface area contributed by atoms with E-state index in [0.29, 0.717) is 5.52 Å². The molecule has 0 spiro atoms.